The van der Waals surface area contributed by atoms with Gasteiger partial charge in [0.15, 0.2) is 0 Å². The number of hydrogen-bond donors (Lipinski definition) is 0. The molecule has 0 amide bonds. The topological polar surface area (TPSA) is 78.4 Å². The highest BCUT2D eigenvalue weighted by atomic mass is 16.9. The Hall–Kier alpha value is -2.11. The molecule has 0 saturated heterocycles. The molecular weight excluding hydrogens is 260 g/mol. The van der Waals surface area contributed by atoms with Gasteiger partial charge in [-0.2, -0.15) is 0 Å². The highest BCUT2D eigenvalue weighted by molar-refractivity contribution is 5.83. The number of hydrogen-bond acceptors (Lipinski definition) is 4. The lowest BCUT2D eigenvalue weighted by Gasteiger charge is -2.18. The van der Waals surface area contributed by atoms with Crippen LogP contribution in [0.25, 0.3) is 0 Å². The fourth-order valence-corrected chi connectivity index (χ4v) is 3.10. The summed E-state index contributed by atoms with van der Waals surface area (Å²) >= 11 is 0. The van der Waals surface area contributed by atoms with E-state index in [4.69, 9.17) is 4.84 Å². The van der Waals surface area contributed by atoms with Crippen molar-refractivity contribution in [2.75, 3.05) is 0 Å². The summed E-state index contributed by atoms with van der Waals surface area (Å²) in [5, 5.41) is 22.7. The summed E-state index contributed by atoms with van der Waals surface area (Å²) in [6.45, 7) is 0. The van der Waals surface area contributed by atoms with Crippen molar-refractivity contribution in [3.05, 3.63) is 45.2 Å². The fourth-order valence-electron chi connectivity index (χ4n) is 3.10. The van der Waals surface area contributed by atoms with E-state index in [1.165, 1.54) is 12.1 Å². The van der Waals surface area contributed by atoms with Crippen LogP contribution in [0.2, 0.25) is 0 Å². The molecule has 3 rings (SSSR count). The van der Waals surface area contributed by atoms with E-state index in [2.05, 4.69) is 0 Å². The Bertz CT molecular complexity index is 570. The molecule has 0 aromatic heterocycles. The van der Waals surface area contributed by atoms with Crippen LogP contribution in [0.4, 0.5) is 5.69 Å². The predicted octanol–water partition coefficient (Wildman–Crippen LogP) is 3.11. The van der Waals surface area contributed by atoms with Gasteiger partial charge in [0, 0.05) is 23.5 Å². The van der Waals surface area contributed by atoms with Gasteiger partial charge in [-0.05, 0) is 18.4 Å². The second-order valence-corrected chi connectivity index (χ2v) is 5.33. The average Bonchev–Trinajstić information content (AvgIpc) is 2.65. The van der Waals surface area contributed by atoms with Gasteiger partial charge in [0.1, 0.15) is 6.10 Å². The Morgan fingerprint density at radius 1 is 1.30 bits per heavy atom. The van der Waals surface area contributed by atoms with Gasteiger partial charge in [0.05, 0.1) is 10.8 Å². The van der Waals surface area contributed by atoms with Gasteiger partial charge in [-0.1, -0.05) is 25.0 Å². The molecule has 2 aliphatic rings. The largest absolute Gasteiger partial charge is 0.394 e. The maximum absolute atomic E-state index is 11.9. The summed E-state index contributed by atoms with van der Waals surface area (Å²) in [6, 6.07) is 6.39. The summed E-state index contributed by atoms with van der Waals surface area (Å²) in [7, 11) is 0. The molecule has 1 fully saturated rings. The van der Waals surface area contributed by atoms with Crippen LogP contribution in [-0.4, -0.2) is 15.5 Å². The first kappa shape index (κ1) is 12.9. The predicted molar refractivity (Wildman–Crippen MR) is 72.1 cm³/mol. The first-order valence-electron chi connectivity index (χ1n) is 6.91. The normalized spacial score (nSPS) is 25.8. The van der Waals surface area contributed by atoms with Crippen LogP contribution in [0, 0.1) is 21.2 Å². The van der Waals surface area contributed by atoms with Gasteiger partial charge in [-0.25, -0.2) is 0 Å². The van der Waals surface area contributed by atoms with Gasteiger partial charge in [-0.15, -0.1) is 0 Å². The van der Waals surface area contributed by atoms with Crippen LogP contribution in [0.15, 0.2) is 24.3 Å². The van der Waals surface area contributed by atoms with E-state index in [9.17, 15) is 15.3 Å². The van der Waals surface area contributed by atoms with E-state index in [-0.39, 0.29) is 17.7 Å². The summed E-state index contributed by atoms with van der Waals surface area (Å²) in [5.41, 5.74) is 1.53. The van der Waals surface area contributed by atoms with Crippen molar-refractivity contribution in [3.63, 3.8) is 0 Å². The number of rotatable bonds is 2. The average molecular weight is 276 g/mol. The lowest BCUT2D eigenvalue weighted by molar-refractivity contribution is -0.743. The van der Waals surface area contributed by atoms with Crippen LogP contribution < -0.4 is 0 Å². The number of benzene rings is 1. The van der Waals surface area contributed by atoms with Gasteiger partial charge in [0.2, 0.25) is 5.71 Å². The Morgan fingerprint density at radius 2 is 2.15 bits per heavy atom. The minimum Gasteiger partial charge on any atom is -0.394 e. The highest BCUT2D eigenvalue weighted by Crippen LogP contribution is 2.39. The van der Waals surface area contributed by atoms with Crippen molar-refractivity contribution in [1.82, 2.24) is 0 Å². The summed E-state index contributed by atoms with van der Waals surface area (Å²) in [6.07, 6.45) is 4.48. The number of nitro benzene ring substituents is 1. The van der Waals surface area contributed by atoms with E-state index in [1.54, 1.807) is 12.1 Å². The maximum atomic E-state index is 11.9. The Morgan fingerprint density at radius 3 is 2.95 bits per heavy atom. The zero-order valence-electron chi connectivity index (χ0n) is 11.0. The molecule has 0 radical (unpaired) electrons. The van der Waals surface area contributed by atoms with Crippen LogP contribution >= 0.6 is 0 Å². The molecule has 1 aromatic rings. The van der Waals surface area contributed by atoms with E-state index in [1.807, 2.05) is 0 Å². The molecule has 1 saturated carbocycles. The van der Waals surface area contributed by atoms with Crippen molar-refractivity contribution >= 4 is 11.4 Å². The summed E-state index contributed by atoms with van der Waals surface area (Å²) < 4.78 is 0. The number of nitrogens with zero attached hydrogens (tertiary/aromatic N) is 2. The Kier molecular flexibility index (Phi) is 3.30. The molecular formula is C14H16N2O4. The molecule has 6 nitrogen and oxygen atoms in total. The summed E-state index contributed by atoms with van der Waals surface area (Å²) in [5.74, 6) is 0.0528. The van der Waals surface area contributed by atoms with Crippen molar-refractivity contribution in [2.45, 2.75) is 38.2 Å². The zero-order chi connectivity index (χ0) is 14.1. The van der Waals surface area contributed by atoms with Gasteiger partial charge >= 0.3 is 0 Å². The third-order valence-corrected chi connectivity index (χ3v) is 4.09. The van der Waals surface area contributed by atoms with Crippen molar-refractivity contribution in [1.29, 1.82) is 0 Å². The van der Waals surface area contributed by atoms with E-state index in [0.29, 0.717) is 10.5 Å². The summed E-state index contributed by atoms with van der Waals surface area (Å²) in [4.78, 5) is 16.5. The molecule has 106 valence electrons. The third-order valence-electron chi connectivity index (χ3n) is 4.09. The lowest BCUT2D eigenvalue weighted by Crippen LogP contribution is -2.16. The van der Waals surface area contributed by atoms with Crippen LogP contribution in [0.1, 0.15) is 43.8 Å². The van der Waals surface area contributed by atoms with E-state index < -0.39 is 4.92 Å². The minimum absolute atomic E-state index is 0.0330. The third kappa shape index (κ3) is 2.21. The molecule has 1 aliphatic carbocycles. The lowest BCUT2D eigenvalue weighted by atomic mass is 9.88. The second-order valence-electron chi connectivity index (χ2n) is 5.33. The van der Waals surface area contributed by atoms with E-state index in [0.717, 1.165) is 37.8 Å². The van der Waals surface area contributed by atoms with Gasteiger partial charge in [-0.3, -0.25) is 15.3 Å². The van der Waals surface area contributed by atoms with Crippen molar-refractivity contribution in [2.24, 2.45) is 5.92 Å². The van der Waals surface area contributed by atoms with Crippen LogP contribution in [-0.2, 0) is 4.84 Å². The molecule has 1 aromatic carbocycles. The van der Waals surface area contributed by atoms with Crippen molar-refractivity contribution < 1.29 is 14.7 Å². The molecule has 2 atom stereocenters. The minimum atomic E-state index is -0.425. The Balaban J connectivity index is 1.91. The molecule has 20 heavy (non-hydrogen) atoms. The molecule has 1 aliphatic heterocycles. The van der Waals surface area contributed by atoms with Crippen LogP contribution in [0.5, 0.6) is 0 Å². The molecule has 6 heteroatoms. The van der Waals surface area contributed by atoms with Crippen LogP contribution in [0.3, 0.4) is 0 Å². The Labute approximate surface area is 116 Å². The first-order chi connectivity index (χ1) is 9.66. The van der Waals surface area contributed by atoms with Gasteiger partial charge < -0.3 is 4.84 Å². The molecule has 0 spiro atoms. The smallest absolute Gasteiger partial charge is 0.269 e. The standard InChI is InChI=1S/C14H16N2O4/c17-15(18)11-6-4-5-10(9-11)14-12-7-2-1-3-8-13(12)16(19)20-14/h4-6,9,12,14H,1-3,7-8H2/t12-,14+/m1/s1. The zero-order valence-corrected chi connectivity index (χ0v) is 11.0. The molecule has 0 bridgehead atoms. The fraction of sp³-hybridized carbons (Fsp3) is 0.500. The number of nitro groups is 1. The number of non-ortho nitro benzene ring substituents is 1. The molecule has 0 N–H and O–H groups in total. The first-order valence-corrected chi connectivity index (χ1v) is 6.91. The monoisotopic (exact) mass is 276 g/mol. The highest BCUT2D eigenvalue weighted by Gasteiger charge is 2.41. The second kappa shape index (κ2) is 5.11. The SMILES string of the molecule is O=[N+]([O-])c1cccc([C@@H]2O[N+]([O-])=C3CCCCC[C@H]32)c1. The van der Waals surface area contributed by atoms with Gasteiger partial charge in [0.25, 0.3) is 5.69 Å². The molecule has 1 heterocycles. The quantitative estimate of drug-likeness (QED) is 0.472. The van der Waals surface area contributed by atoms with E-state index >= 15 is 0 Å². The maximum Gasteiger partial charge on any atom is 0.269 e. The number of fused-ring (bicyclic) bond motifs is 1. The molecule has 0 unspecified atom stereocenters. The van der Waals surface area contributed by atoms with Crippen molar-refractivity contribution in [3.8, 4) is 0 Å².